The molecule has 1 amide bonds. The van der Waals surface area contributed by atoms with E-state index in [0.717, 1.165) is 12.1 Å². The van der Waals surface area contributed by atoms with Crippen LogP contribution in [0, 0.1) is 0 Å². The van der Waals surface area contributed by atoms with Crippen LogP contribution in [0.2, 0.25) is 0 Å². The predicted octanol–water partition coefficient (Wildman–Crippen LogP) is 3.68. The second-order valence-electron chi connectivity index (χ2n) is 6.85. The van der Waals surface area contributed by atoms with Gasteiger partial charge in [0, 0.05) is 24.0 Å². The van der Waals surface area contributed by atoms with Gasteiger partial charge in [0.25, 0.3) is 5.91 Å². The Bertz CT molecular complexity index is 1060. The van der Waals surface area contributed by atoms with Crippen molar-refractivity contribution in [3.05, 3.63) is 65.7 Å². The fourth-order valence-electron chi connectivity index (χ4n) is 3.46. The Hall–Kier alpha value is -3.20. The molecule has 0 spiro atoms. The van der Waals surface area contributed by atoms with Crippen molar-refractivity contribution < 1.29 is 23.1 Å². The van der Waals surface area contributed by atoms with Crippen molar-refractivity contribution in [1.29, 1.82) is 0 Å². The maximum absolute atomic E-state index is 13.2. The van der Waals surface area contributed by atoms with Gasteiger partial charge in [-0.25, -0.2) is 0 Å². The normalized spacial score (nSPS) is 16.8. The third kappa shape index (κ3) is 3.38. The lowest BCUT2D eigenvalue weighted by Crippen LogP contribution is -2.42. The van der Waals surface area contributed by atoms with Crippen molar-refractivity contribution in [2.45, 2.75) is 25.7 Å². The highest BCUT2D eigenvalue weighted by molar-refractivity contribution is 6.09. The predicted molar refractivity (Wildman–Crippen MR) is 99.2 cm³/mol. The van der Waals surface area contributed by atoms with Gasteiger partial charge in [-0.15, -0.1) is 0 Å². The van der Waals surface area contributed by atoms with Crippen molar-refractivity contribution in [1.82, 2.24) is 14.8 Å². The molecule has 1 aliphatic rings. The van der Waals surface area contributed by atoms with Crippen molar-refractivity contribution in [2.75, 3.05) is 11.4 Å². The monoisotopic (exact) mass is 402 g/mol. The zero-order chi connectivity index (χ0) is 20.8. The van der Waals surface area contributed by atoms with E-state index < -0.39 is 11.7 Å². The fourth-order valence-corrected chi connectivity index (χ4v) is 3.46. The molecule has 0 saturated carbocycles. The summed E-state index contributed by atoms with van der Waals surface area (Å²) < 4.78 is 40.2. The summed E-state index contributed by atoms with van der Waals surface area (Å²) in [7, 11) is 0. The Kier molecular flexibility index (Phi) is 4.62. The summed E-state index contributed by atoms with van der Waals surface area (Å²) in [5.74, 6) is -0.349. The number of pyridine rings is 1. The number of aromatic nitrogens is 3. The molecule has 6 nitrogen and oxygen atoms in total. The first kappa shape index (κ1) is 19.1. The van der Waals surface area contributed by atoms with Gasteiger partial charge >= 0.3 is 6.18 Å². The molecule has 0 aliphatic carbocycles. The van der Waals surface area contributed by atoms with Crippen LogP contribution in [0.5, 0.6) is 0 Å². The van der Waals surface area contributed by atoms with Crippen LogP contribution in [-0.2, 0) is 12.8 Å². The third-order valence-electron chi connectivity index (χ3n) is 4.90. The molecule has 9 heteroatoms. The molecule has 3 aromatic rings. The third-order valence-corrected chi connectivity index (χ3v) is 4.90. The molecule has 150 valence electrons. The highest BCUT2D eigenvalue weighted by atomic mass is 19.4. The molecule has 3 heterocycles. The van der Waals surface area contributed by atoms with E-state index in [9.17, 15) is 23.1 Å². The maximum atomic E-state index is 13.2. The Morgan fingerprint density at radius 3 is 2.59 bits per heavy atom. The minimum absolute atomic E-state index is 0.169. The van der Waals surface area contributed by atoms with Crippen LogP contribution in [0.15, 0.2) is 48.8 Å². The molecule has 1 aromatic carbocycles. The number of fused-ring (bicyclic) bond motifs is 1. The molecule has 0 radical (unpaired) electrons. The minimum atomic E-state index is -4.44. The number of carbonyl (C=O) groups excluding carboxylic acids is 1. The van der Waals surface area contributed by atoms with E-state index >= 15 is 0 Å². The van der Waals surface area contributed by atoms with Crippen LogP contribution in [-0.4, -0.2) is 32.3 Å². The van der Waals surface area contributed by atoms with Gasteiger partial charge in [0.2, 0.25) is 0 Å². The molecule has 0 fully saturated rings. The van der Waals surface area contributed by atoms with Crippen LogP contribution in [0.25, 0.3) is 11.1 Å². The quantitative estimate of drug-likeness (QED) is 0.726. The molecule has 1 aliphatic heterocycles. The summed E-state index contributed by atoms with van der Waals surface area (Å²) in [6, 6.07) is 7.76. The number of hydrogen-bond donors (Lipinski definition) is 1. The molecule has 1 unspecified atom stereocenters. The Morgan fingerprint density at radius 1 is 1.21 bits per heavy atom. The molecule has 0 saturated heterocycles. The summed E-state index contributed by atoms with van der Waals surface area (Å²) in [5, 5.41) is 13.7. The molecule has 2 aromatic heterocycles. The second kappa shape index (κ2) is 7.00. The average Bonchev–Trinajstić information content (AvgIpc) is 3.16. The van der Waals surface area contributed by atoms with Crippen molar-refractivity contribution in [3.63, 3.8) is 0 Å². The molecular formula is C20H17F3N4O2. The zero-order valence-corrected chi connectivity index (χ0v) is 15.4. The SMILES string of the molecule is CC1CN(c2ccc(C(F)(F)F)cc2)C(=O)c2c(-c3ccnc(CO)c3)cnn21. The zero-order valence-electron chi connectivity index (χ0n) is 15.4. The maximum Gasteiger partial charge on any atom is 0.416 e. The number of aliphatic hydroxyl groups is 1. The van der Waals surface area contributed by atoms with Crippen LogP contribution >= 0.6 is 0 Å². The Morgan fingerprint density at radius 2 is 1.93 bits per heavy atom. The van der Waals surface area contributed by atoms with Gasteiger partial charge in [-0.3, -0.25) is 14.5 Å². The van der Waals surface area contributed by atoms with Gasteiger partial charge in [0.15, 0.2) is 0 Å². The largest absolute Gasteiger partial charge is 0.416 e. The summed E-state index contributed by atoms with van der Waals surface area (Å²) in [5.41, 5.74) is 1.68. The van der Waals surface area contributed by atoms with Gasteiger partial charge in [0.1, 0.15) is 5.69 Å². The van der Waals surface area contributed by atoms with E-state index in [2.05, 4.69) is 10.1 Å². The van der Waals surface area contributed by atoms with Gasteiger partial charge in [0.05, 0.1) is 30.1 Å². The first-order valence-corrected chi connectivity index (χ1v) is 8.92. The number of anilines is 1. The number of carbonyl (C=O) groups is 1. The highest BCUT2D eigenvalue weighted by Gasteiger charge is 2.35. The summed E-state index contributed by atoms with van der Waals surface area (Å²) in [6.45, 7) is 1.94. The smallest absolute Gasteiger partial charge is 0.390 e. The molecule has 4 rings (SSSR count). The lowest BCUT2D eigenvalue weighted by atomic mass is 10.0. The number of benzene rings is 1. The van der Waals surface area contributed by atoms with Gasteiger partial charge in [-0.2, -0.15) is 18.3 Å². The van der Waals surface area contributed by atoms with Crippen molar-refractivity contribution in [2.24, 2.45) is 0 Å². The Balaban J connectivity index is 1.74. The molecule has 1 N–H and O–H groups in total. The van der Waals surface area contributed by atoms with Gasteiger partial charge in [-0.05, 0) is 48.9 Å². The van der Waals surface area contributed by atoms with Crippen molar-refractivity contribution in [3.8, 4) is 11.1 Å². The van der Waals surface area contributed by atoms with Crippen LogP contribution in [0.1, 0.15) is 34.7 Å². The summed E-state index contributed by atoms with van der Waals surface area (Å²) in [4.78, 5) is 18.7. The van der Waals surface area contributed by atoms with E-state index in [1.54, 1.807) is 23.0 Å². The number of rotatable bonds is 3. The minimum Gasteiger partial charge on any atom is -0.390 e. The number of amides is 1. The number of alkyl halides is 3. The van der Waals surface area contributed by atoms with Crippen LogP contribution in [0.4, 0.5) is 18.9 Å². The van der Waals surface area contributed by atoms with Crippen LogP contribution in [0.3, 0.4) is 0 Å². The summed E-state index contributed by atoms with van der Waals surface area (Å²) in [6.07, 6.45) is -1.32. The van der Waals surface area contributed by atoms with Crippen molar-refractivity contribution >= 4 is 11.6 Å². The Labute approximate surface area is 164 Å². The lowest BCUT2D eigenvalue weighted by molar-refractivity contribution is -0.137. The van der Waals surface area contributed by atoms with Gasteiger partial charge < -0.3 is 10.0 Å². The summed E-state index contributed by atoms with van der Waals surface area (Å²) >= 11 is 0. The van der Waals surface area contributed by atoms with E-state index in [1.807, 2.05) is 6.92 Å². The molecule has 29 heavy (non-hydrogen) atoms. The van der Waals surface area contributed by atoms with E-state index in [4.69, 9.17) is 0 Å². The number of aliphatic hydroxyl groups excluding tert-OH is 1. The first-order valence-electron chi connectivity index (χ1n) is 8.92. The number of hydrogen-bond acceptors (Lipinski definition) is 4. The first-order chi connectivity index (χ1) is 13.8. The van der Waals surface area contributed by atoms with E-state index in [-0.39, 0.29) is 25.1 Å². The lowest BCUT2D eigenvalue weighted by Gasteiger charge is -2.32. The topological polar surface area (TPSA) is 71.2 Å². The standard InChI is InChI=1S/C20H17F3N4O2/c1-12-10-26(16-4-2-14(3-5-16)20(21,22)23)19(29)18-17(9-25-27(12)18)13-6-7-24-15(8-13)11-28/h2-9,12,28H,10-11H2,1H3. The van der Waals surface area contributed by atoms with Crippen LogP contribution < -0.4 is 4.90 Å². The highest BCUT2D eigenvalue weighted by Crippen LogP contribution is 2.34. The van der Waals surface area contributed by atoms with E-state index in [0.29, 0.717) is 28.2 Å². The number of nitrogens with zero attached hydrogens (tertiary/aromatic N) is 4. The molecular weight excluding hydrogens is 385 g/mol. The second-order valence-corrected chi connectivity index (χ2v) is 6.85. The fraction of sp³-hybridized carbons (Fsp3) is 0.250. The number of halogens is 3. The molecule has 1 atom stereocenters. The molecule has 0 bridgehead atoms. The average molecular weight is 402 g/mol. The van der Waals surface area contributed by atoms with Gasteiger partial charge in [-0.1, -0.05) is 0 Å². The van der Waals surface area contributed by atoms with E-state index in [1.165, 1.54) is 23.2 Å².